The minimum absolute atomic E-state index is 0.184. The standard InChI is InChI=1S/C26H21N3O4S/c1-14-8-9-18(15(2)10-14)28-24(31)23-16(3)22-25(34-23)27-13-29(26(22)32)12-19(30)21-11-17-6-4-5-7-20(17)33-21/h4-11,13H,12H2,1-3H3,(H,28,31). The van der Waals surface area contributed by atoms with E-state index in [1.165, 1.54) is 10.9 Å². The maximum absolute atomic E-state index is 13.2. The molecule has 3 heterocycles. The van der Waals surface area contributed by atoms with Gasteiger partial charge in [-0.2, -0.15) is 0 Å². The number of carbonyl (C=O) groups excluding carboxylic acids is 2. The average Bonchev–Trinajstić information content (AvgIpc) is 3.39. The summed E-state index contributed by atoms with van der Waals surface area (Å²) in [5, 5.41) is 4.09. The van der Waals surface area contributed by atoms with Gasteiger partial charge >= 0.3 is 0 Å². The first-order valence-electron chi connectivity index (χ1n) is 10.7. The van der Waals surface area contributed by atoms with Gasteiger partial charge in [-0.3, -0.25) is 19.0 Å². The van der Waals surface area contributed by atoms with E-state index in [1.54, 1.807) is 19.1 Å². The van der Waals surface area contributed by atoms with Crippen molar-refractivity contribution < 1.29 is 14.0 Å². The number of hydrogen-bond acceptors (Lipinski definition) is 6. The molecule has 2 aromatic carbocycles. The SMILES string of the molecule is Cc1ccc(NC(=O)c2sc3ncn(CC(=O)c4cc5ccccc5o4)c(=O)c3c2C)c(C)c1. The third kappa shape index (κ3) is 3.82. The van der Waals surface area contributed by atoms with Gasteiger partial charge in [0.05, 0.1) is 23.1 Å². The number of nitrogens with one attached hydrogen (secondary N) is 1. The zero-order chi connectivity index (χ0) is 24.0. The summed E-state index contributed by atoms with van der Waals surface area (Å²) >= 11 is 1.16. The fraction of sp³-hybridized carbons (Fsp3) is 0.154. The van der Waals surface area contributed by atoms with E-state index in [-0.39, 0.29) is 29.6 Å². The summed E-state index contributed by atoms with van der Waals surface area (Å²) in [6, 6.07) is 14.8. The van der Waals surface area contributed by atoms with E-state index in [4.69, 9.17) is 4.42 Å². The molecule has 0 saturated carbocycles. The van der Waals surface area contributed by atoms with Crippen LogP contribution in [0, 0.1) is 20.8 Å². The molecule has 0 radical (unpaired) electrons. The molecule has 8 heteroatoms. The van der Waals surface area contributed by atoms with Gasteiger partial charge in [0.25, 0.3) is 11.5 Å². The number of anilines is 1. The van der Waals surface area contributed by atoms with Gasteiger partial charge in [0.15, 0.2) is 5.76 Å². The molecule has 0 fully saturated rings. The van der Waals surface area contributed by atoms with Gasteiger partial charge in [0.1, 0.15) is 10.4 Å². The third-order valence-corrected chi connectivity index (χ3v) is 6.97. The smallest absolute Gasteiger partial charge is 0.266 e. The molecule has 0 saturated heterocycles. The highest BCUT2D eigenvalue weighted by atomic mass is 32.1. The van der Waals surface area contributed by atoms with Crippen molar-refractivity contribution in [3.63, 3.8) is 0 Å². The first-order valence-corrected chi connectivity index (χ1v) is 11.5. The van der Waals surface area contributed by atoms with E-state index in [9.17, 15) is 14.4 Å². The van der Waals surface area contributed by atoms with Crippen LogP contribution in [-0.4, -0.2) is 21.2 Å². The van der Waals surface area contributed by atoms with Crippen molar-refractivity contribution in [1.29, 1.82) is 0 Å². The van der Waals surface area contributed by atoms with E-state index in [2.05, 4.69) is 10.3 Å². The molecule has 0 aliphatic rings. The van der Waals surface area contributed by atoms with Gasteiger partial charge in [0.2, 0.25) is 5.78 Å². The normalized spacial score (nSPS) is 11.3. The summed E-state index contributed by atoms with van der Waals surface area (Å²) in [4.78, 5) is 44.2. The molecule has 0 aliphatic heterocycles. The van der Waals surface area contributed by atoms with Crippen LogP contribution < -0.4 is 10.9 Å². The summed E-state index contributed by atoms with van der Waals surface area (Å²) in [5.41, 5.74) is 3.57. The number of nitrogens with zero attached hydrogens (tertiary/aromatic N) is 2. The Balaban J connectivity index is 1.45. The van der Waals surface area contributed by atoms with Gasteiger partial charge in [-0.15, -0.1) is 11.3 Å². The first kappa shape index (κ1) is 21.8. The molecule has 7 nitrogen and oxygen atoms in total. The highest BCUT2D eigenvalue weighted by Gasteiger charge is 2.21. The highest BCUT2D eigenvalue weighted by Crippen LogP contribution is 2.28. The second kappa shape index (κ2) is 8.39. The van der Waals surface area contributed by atoms with Crippen LogP contribution in [0.2, 0.25) is 0 Å². The molecule has 5 aromatic rings. The summed E-state index contributed by atoms with van der Waals surface area (Å²) in [5.74, 6) is -0.444. The number of Topliss-reactive ketones (excluding diaryl/α,β-unsaturated/α-hetero) is 1. The number of rotatable bonds is 5. The Morgan fingerprint density at radius 2 is 1.88 bits per heavy atom. The number of furan rings is 1. The summed E-state index contributed by atoms with van der Waals surface area (Å²) in [7, 11) is 0. The Hall–Kier alpha value is -4.04. The van der Waals surface area contributed by atoms with Crippen LogP contribution in [0.15, 0.2) is 64.1 Å². The molecule has 1 amide bonds. The number of benzene rings is 2. The Kier molecular flexibility index (Phi) is 5.37. The van der Waals surface area contributed by atoms with Crippen molar-refractivity contribution in [1.82, 2.24) is 9.55 Å². The molecule has 3 aromatic heterocycles. The highest BCUT2D eigenvalue weighted by molar-refractivity contribution is 7.20. The van der Waals surface area contributed by atoms with Crippen LogP contribution in [0.4, 0.5) is 5.69 Å². The fourth-order valence-electron chi connectivity index (χ4n) is 3.97. The second-order valence-electron chi connectivity index (χ2n) is 8.26. The van der Waals surface area contributed by atoms with E-state index in [0.717, 1.165) is 27.8 Å². The predicted molar refractivity (Wildman–Crippen MR) is 133 cm³/mol. The summed E-state index contributed by atoms with van der Waals surface area (Å²) in [6.45, 7) is 5.44. The van der Waals surface area contributed by atoms with E-state index in [0.29, 0.717) is 31.9 Å². The van der Waals surface area contributed by atoms with E-state index < -0.39 is 0 Å². The lowest BCUT2D eigenvalue weighted by Gasteiger charge is -2.08. The molecular weight excluding hydrogens is 450 g/mol. The lowest BCUT2D eigenvalue weighted by Crippen LogP contribution is -2.24. The van der Waals surface area contributed by atoms with Crippen molar-refractivity contribution in [2.75, 3.05) is 5.32 Å². The molecule has 0 aliphatic carbocycles. The minimum atomic E-state index is -0.367. The molecule has 34 heavy (non-hydrogen) atoms. The number of carbonyl (C=O) groups is 2. The van der Waals surface area contributed by atoms with Gasteiger partial charge in [0, 0.05) is 11.1 Å². The molecule has 170 valence electrons. The van der Waals surface area contributed by atoms with Crippen LogP contribution in [0.5, 0.6) is 0 Å². The molecule has 1 N–H and O–H groups in total. The number of ketones is 1. The Morgan fingerprint density at radius 3 is 2.65 bits per heavy atom. The molecule has 0 bridgehead atoms. The van der Waals surface area contributed by atoms with Crippen molar-refractivity contribution >= 4 is 49.9 Å². The van der Waals surface area contributed by atoms with Crippen LogP contribution in [0.3, 0.4) is 0 Å². The fourth-order valence-corrected chi connectivity index (χ4v) is 5.01. The lowest BCUT2D eigenvalue weighted by molar-refractivity contribution is 0.0945. The van der Waals surface area contributed by atoms with Crippen molar-refractivity contribution in [3.8, 4) is 0 Å². The number of hydrogen-bond donors (Lipinski definition) is 1. The first-order chi connectivity index (χ1) is 16.3. The number of amides is 1. The van der Waals surface area contributed by atoms with Gasteiger partial charge in [-0.25, -0.2) is 4.98 Å². The van der Waals surface area contributed by atoms with Gasteiger partial charge < -0.3 is 9.73 Å². The number of thiophene rings is 1. The number of fused-ring (bicyclic) bond motifs is 2. The van der Waals surface area contributed by atoms with Crippen LogP contribution in [-0.2, 0) is 6.54 Å². The van der Waals surface area contributed by atoms with Gasteiger partial charge in [-0.05, 0) is 50.1 Å². The van der Waals surface area contributed by atoms with E-state index >= 15 is 0 Å². The zero-order valence-corrected chi connectivity index (χ0v) is 19.7. The number of aromatic nitrogens is 2. The van der Waals surface area contributed by atoms with Crippen molar-refractivity contribution in [2.45, 2.75) is 27.3 Å². The molecule has 5 rings (SSSR count). The number of para-hydroxylation sites is 1. The quantitative estimate of drug-likeness (QED) is 0.353. The topological polar surface area (TPSA) is 94.2 Å². The predicted octanol–water partition coefficient (Wildman–Crippen LogP) is 5.26. The van der Waals surface area contributed by atoms with Crippen molar-refractivity contribution in [2.24, 2.45) is 0 Å². The molecular formula is C26H21N3O4S. The summed E-state index contributed by atoms with van der Waals surface area (Å²) in [6.07, 6.45) is 1.34. The minimum Gasteiger partial charge on any atom is -0.453 e. The average molecular weight is 472 g/mol. The molecule has 0 unspecified atom stereocenters. The maximum atomic E-state index is 13.2. The zero-order valence-electron chi connectivity index (χ0n) is 18.8. The number of aryl methyl sites for hydroxylation is 3. The summed E-state index contributed by atoms with van der Waals surface area (Å²) < 4.78 is 6.88. The Morgan fingerprint density at radius 1 is 1.09 bits per heavy atom. The Labute approximate surface area is 198 Å². The van der Waals surface area contributed by atoms with Crippen LogP contribution in [0.1, 0.15) is 36.9 Å². The lowest BCUT2D eigenvalue weighted by atomic mass is 10.1. The monoisotopic (exact) mass is 471 g/mol. The van der Waals surface area contributed by atoms with Crippen molar-refractivity contribution in [3.05, 3.63) is 92.5 Å². The molecule has 0 spiro atoms. The van der Waals surface area contributed by atoms with Crippen LogP contribution >= 0.6 is 11.3 Å². The third-order valence-electron chi connectivity index (χ3n) is 5.77. The maximum Gasteiger partial charge on any atom is 0.266 e. The van der Waals surface area contributed by atoms with Gasteiger partial charge in [-0.1, -0.05) is 35.9 Å². The largest absolute Gasteiger partial charge is 0.453 e. The molecule has 0 atom stereocenters. The second-order valence-corrected chi connectivity index (χ2v) is 9.26. The van der Waals surface area contributed by atoms with Crippen LogP contribution in [0.25, 0.3) is 21.2 Å². The Bertz CT molecular complexity index is 1630. The van der Waals surface area contributed by atoms with E-state index in [1.807, 2.05) is 50.2 Å².